The topological polar surface area (TPSA) is 54.7 Å². The molecule has 4 nitrogen and oxygen atoms in total. The van der Waals surface area contributed by atoms with Gasteiger partial charge in [-0.25, -0.2) is 0 Å². The normalized spacial score (nSPS) is 20.9. The van der Waals surface area contributed by atoms with E-state index in [2.05, 4.69) is 22.4 Å². The number of nitrogens with one attached hydrogen (secondary N) is 1. The average molecular weight is 321 g/mol. The second-order valence-corrected chi connectivity index (χ2v) is 7.51. The second kappa shape index (κ2) is 5.20. The van der Waals surface area contributed by atoms with E-state index in [1.807, 2.05) is 13.8 Å². The van der Waals surface area contributed by atoms with E-state index in [1.165, 1.54) is 59.3 Å². The summed E-state index contributed by atoms with van der Waals surface area (Å²) in [5.41, 5.74) is 8.99. The lowest BCUT2D eigenvalue weighted by Gasteiger charge is -2.15. The molecule has 2 aromatic rings. The molecule has 24 heavy (non-hydrogen) atoms. The Morgan fingerprint density at radius 2 is 1.88 bits per heavy atom. The van der Waals surface area contributed by atoms with Crippen LogP contribution >= 0.6 is 0 Å². The van der Waals surface area contributed by atoms with Gasteiger partial charge in [-0.3, -0.25) is 5.10 Å². The maximum atomic E-state index is 5.39. The molecule has 4 heteroatoms. The third-order valence-electron chi connectivity index (χ3n) is 5.52. The predicted molar refractivity (Wildman–Crippen MR) is 93.7 cm³/mol. The Kier molecular flexibility index (Phi) is 3.09. The molecule has 5 rings (SSSR count). The van der Waals surface area contributed by atoms with Crippen LogP contribution in [0.4, 0.5) is 0 Å². The van der Waals surface area contributed by atoms with Crippen molar-refractivity contribution in [2.45, 2.75) is 64.2 Å². The molecule has 0 aliphatic heterocycles. The van der Waals surface area contributed by atoms with Crippen molar-refractivity contribution in [2.24, 2.45) is 0 Å². The van der Waals surface area contributed by atoms with Gasteiger partial charge in [-0.2, -0.15) is 5.10 Å². The summed E-state index contributed by atoms with van der Waals surface area (Å²) in [6.07, 6.45) is 12.1. The Morgan fingerprint density at radius 1 is 1.08 bits per heavy atom. The van der Waals surface area contributed by atoms with Crippen LogP contribution in [0.15, 0.2) is 16.7 Å². The van der Waals surface area contributed by atoms with E-state index in [-0.39, 0.29) is 0 Å². The fraction of sp³-hybridized carbons (Fsp3) is 0.500. The number of nitrogens with zero attached hydrogens (tertiary/aromatic N) is 2. The number of aromatic nitrogens is 3. The number of aryl methyl sites for hydroxylation is 2. The van der Waals surface area contributed by atoms with Gasteiger partial charge in [-0.05, 0) is 63.5 Å². The van der Waals surface area contributed by atoms with Crippen molar-refractivity contribution in [1.82, 2.24) is 15.4 Å². The lowest BCUT2D eigenvalue weighted by molar-refractivity contribution is 0.393. The van der Waals surface area contributed by atoms with Crippen LogP contribution in [0, 0.1) is 13.8 Å². The van der Waals surface area contributed by atoms with Crippen molar-refractivity contribution in [3.8, 4) is 0 Å². The zero-order valence-corrected chi connectivity index (χ0v) is 14.4. The van der Waals surface area contributed by atoms with Crippen LogP contribution in [-0.2, 0) is 0 Å². The van der Waals surface area contributed by atoms with Gasteiger partial charge < -0.3 is 4.52 Å². The molecule has 2 saturated carbocycles. The summed E-state index contributed by atoms with van der Waals surface area (Å²) in [5, 5.41) is 12.2. The van der Waals surface area contributed by atoms with Gasteiger partial charge in [0.2, 0.25) is 0 Å². The summed E-state index contributed by atoms with van der Waals surface area (Å²) in [6, 6.07) is 0. The Balaban J connectivity index is 1.60. The molecule has 0 amide bonds. The minimum Gasteiger partial charge on any atom is -0.361 e. The van der Waals surface area contributed by atoms with Gasteiger partial charge in [0.1, 0.15) is 5.76 Å². The van der Waals surface area contributed by atoms with Crippen molar-refractivity contribution in [1.29, 1.82) is 0 Å². The van der Waals surface area contributed by atoms with Gasteiger partial charge in [-0.1, -0.05) is 17.3 Å². The molecule has 124 valence electrons. The number of allylic oxidation sites excluding steroid dienone is 4. The smallest absolute Gasteiger partial charge is 0.141 e. The van der Waals surface area contributed by atoms with Crippen LogP contribution in [-0.4, -0.2) is 15.4 Å². The Hall–Kier alpha value is -2.10. The molecule has 3 aliphatic rings. The van der Waals surface area contributed by atoms with E-state index < -0.39 is 0 Å². The SMILES string of the molecule is Cc1noc(C)c1C1=CC(c2c(C3CC3)n[nH]c2C2CC2)=CCC1. The molecule has 0 unspecified atom stereocenters. The summed E-state index contributed by atoms with van der Waals surface area (Å²) < 4.78 is 5.39. The summed E-state index contributed by atoms with van der Waals surface area (Å²) in [5.74, 6) is 2.29. The highest BCUT2D eigenvalue weighted by Gasteiger charge is 2.36. The maximum Gasteiger partial charge on any atom is 0.141 e. The quantitative estimate of drug-likeness (QED) is 0.859. The molecule has 0 atom stereocenters. The van der Waals surface area contributed by atoms with Crippen LogP contribution in [0.2, 0.25) is 0 Å². The molecule has 0 radical (unpaired) electrons. The van der Waals surface area contributed by atoms with Crippen LogP contribution in [0.1, 0.15) is 84.3 Å². The van der Waals surface area contributed by atoms with Gasteiger partial charge in [0.25, 0.3) is 0 Å². The van der Waals surface area contributed by atoms with Crippen molar-refractivity contribution >= 4 is 11.1 Å². The summed E-state index contributed by atoms with van der Waals surface area (Å²) in [7, 11) is 0. The van der Waals surface area contributed by atoms with Crippen molar-refractivity contribution < 1.29 is 4.52 Å². The zero-order valence-electron chi connectivity index (χ0n) is 14.4. The Labute approximate surface area is 142 Å². The van der Waals surface area contributed by atoms with Gasteiger partial charge in [0.05, 0.1) is 11.4 Å². The standard InChI is InChI=1S/C20H23N3O/c1-11-17(12(2)24-23-11)15-4-3-5-16(10-15)18-19(13-6-7-13)21-22-20(18)14-8-9-14/h5,10,13-14H,3-4,6-9H2,1-2H3,(H,21,22). The first-order valence-corrected chi connectivity index (χ1v) is 9.15. The number of hydrogen-bond acceptors (Lipinski definition) is 3. The zero-order chi connectivity index (χ0) is 16.3. The summed E-state index contributed by atoms with van der Waals surface area (Å²) in [4.78, 5) is 0. The third kappa shape index (κ3) is 2.27. The van der Waals surface area contributed by atoms with Gasteiger partial charge in [0, 0.05) is 28.7 Å². The van der Waals surface area contributed by atoms with Crippen LogP contribution in [0.25, 0.3) is 11.1 Å². The largest absolute Gasteiger partial charge is 0.361 e. The average Bonchev–Trinajstić information content (AvgIpc) is 3.52. The number of hydrogen-bond donors (Lipinski definition) is 1. The number of H-pyrrole nitrogens is 1. The fourth-order valence-electron chi connectivity index (χ4n) is 4.01. The molecule has 2 heterocycles. The molecule has 0 spiro atoms. The number of aromatic amines is 1. The van der Waals surface area contributed by atoms with Crippen molar-refractivity contribution in [2.75, 3.05) is 0 Å². The minimum absolute atomic E-state index is 0.669. The molecule has 3 aliphatic carbocycles. The first-order chi connectivity index (χ1) is 11.7. The molecular weight excluding hydrogens is 298 g/mol. The lowest BCUT2D eigenvalue weighted by Crippen LogP contribution is -1.98. The van der Waals surface area contributed by atoms with Crippen LogP contribution in [0.5, 0.6) is 0 Å². The molecule has 1 N–H and O–H groups in total. The van der Waals surface area contributed by atoms with Gasteiger partial charge >= 0.3 is 0 Å². The maximum absolute atomic E-state index is 5.39. The summed E-state index contributed by atoms with van der Waals surface area (Å²) >= 11 is 0. The fourth-order valence-corrected chi connectivity index (χ4v) is 4.01. The molecule has 0 bridgehead atoms. The molecular formula is C20H23N3O. The summed E-state index contributed by atoms with van der Waals surface area (Å²) in [6.45, 7) is 4.05. The lowest BCUT2D eigenvalue weighted by atomic mass is 9.88. The highest BCUT2D eigenvalue weighted by molar-refractivity contribution is 5.88. The molecule has 0 aromatic carbocycles. The van der Waals surface area contributed by atoms with E-state index in [0.717, 1.165) is 24.3 Å². The molecule has 0 saturated heterocycles. The van der Waals surface area contributed by atoms with Gasteiger partial charge in [-0.15, -0.1) is 0 Å². The van der Waals surface area contributed by atoms with E-state index in [0.29, 0.717) is 11.8 Å². The highest BCUT2D eigenvalue weighted by atomic mass is 16.5. The Morgan fingerprint density at radius 3 is 2.54 bits per heavy atom. The first-order valence-electron chi connectivity index (χ1n) is 9.15. The van der Waals surface area contributed by atoms with E-state index >= 15 is 0 Å². The van der Waals surface area contributed by atoms with E-state index in [1.54, 1.807) is 0 Å². The molecule has 2 fully saturated rings. The highest BCUT2D eigenvalue weighted by Crippen LogP contribution is 2.49. The van der Waals surface area contributed by atoms with Crippen molar-refractivity contribution in [3.63, 3.8) is 0 Å². The second-order valence-electron chi connectivity index (χ2n) is 7.51. The predicted octanol–water partition coefficient (Wildman–Crippen LogP) is 5.03. The first kappa shape index (κ1) is 14.3. The number of rotatable bonds is 4. The van der Waals surface area contributed by atoms with Crippen LogP contribution < -0.4 is 0 Å². The minimum atomic E-state index is 0.669. The third-order valence-corrected chi connectivity index (χ3v) is 5.52. The van der Waals surface area contributed by atoms with Crippen molar-refractivity contribution in [3.05, 3.63) is 46.1 Å². The van der Waals surface area contributed by atoms with Gasteiger partial charge in [0.15, 0.2) is 0 Å². The van der Waals surface area contributed by atoms with Crippen LogP contribution in [0.3, 0.4) is 0 Å². The molecule has 2 aromatic heterocycles. The van der Waals surface area contributed by atoms with E-state index in [9.17, 15) is 0 Å². The Bertz CT molecular complexity index is 811. The monoisotopic (exact) mass is 321 g/mol. The van der Waals surface area contributed by atoms with E-state index in [4.69, 9.17) is 9.62 Å².